The normalized spacial score (nSPS) is 15.1. The van der Waals surface area contributed by atoms with Crippen LogP contribution in [0, 0.1) is 0 Å². The van der Waals surface area contributed by atoms with E-state index in [-0.39, 0.29) is 70.0 Å². The summed E-state index contributed by atoms with van der Waals surface area (Å²) >= 11 is 3.16. The number of benzene rings is 2. The van der Waals surface area contributed by atoms with Crippen molar-refractivity contribution in [3.8, 4) is 0 Å². The summed E-state index contributed by atoms with van der Waals surface area (Å²) in [4.78, 5) is 3.10. The van der Waals surface area contributed by atoms with Gasteiger partial charge in [-0.25, -0.2) is 8.42 Å². The van der Waals surface area contributed by atoms with Crippen LogP contribution < -0.4 is 60.9 Å². The molecule has 36 heavy (non-hydrogen) atoms. The maximum absolute atomic E-state index is 11.2. The fraction of sp³-hybridized carbons (Fsp3) is 0.261. The minimum Gasteiger partial charge on any atom is -0.748 e. The molecule has 2 aromatic carbocycles. The minimum atomic E-state index is -4.27. The molecule has 4 rings (SSSR count). The molecule has 0 radical (unpaired) electrons. The molecule has 0 spiro atoms. The number of hydrogen-bond donors (Lipinski definition) is 1. The molecule has 2 heterocycles. The number of rotatable bonds is 10. The first-order valence-electron chi connectivity index (χ1n) is 10.8. The van der Waals surface area contributed by atoms with E-state index in [0.29, 0.717) is 13.1 Å². The number of nitrogens with zero attached hydrogens (tertiary/aromatic N) is 2. The van der Waals surface area contributed by atoms with E-state index in [4.69, 9.17) is 4.55 Å². The average Bonchev–Trinajstić information content (AvgIpc) is 3.30. The molecule has 1 aliphatic rings. The number of thiazole rings is 1. The third-order valence-electron chi connectivity index (χ3n) is 5.31. The van der Waals surface area contributed by atoms with Crippen molar-refractivity contribution in [1.29, 1.82) is 0 Å². The third-order valence-corrected chi connectivity index (χ3v) is 9.17. The summed E-state index contributed by atoms with van der Waals surface area (Å²) in [6, 6.07) is 15.7. The fourth-order valence-corrected chi connectivity index (χ4v) is 7.01. The number of para-hydroxylation sites is 2. The predicted octanol–water partition coefficient (Wildman–Crippen LogP) is 0.873. The first-order valence-corrected chi connectivity index (χ1v) is 15.7. The molecule has 0 fully saturated rings. The Morgan fingerprint density at radius 2 is 1.72 bits per heavy atom. The van der Waals surface area contributed by atoms with Crippen molar-refractivity contribution in [3.05, 3.63) is 70.7 Å². The summed E-state index contributed by atoms with van der Waals surface area (Å²) in [5.41, 5.74) is 1.96. The number of fused-ring (bicyclic) bond motifs is 2. The van der Waals surface area contributed by atoms with Crippen molar-refractivity contribution in [2.75, 3.05) is 23.0 Å². The smallest absolute Gasteiger partial charge is 0.748 e. The van der Waals surface area contributed by atoms with Gasteiger partial charge in [0.2, 0.25) is 5.52 Å². The van der Waals surface area contributed by atoms with Crippen LogP contribution in [0.4, 0.5) is 5.69 Å². The second-order valence-corrected chi connectivity index (χ2v) is 13.1. The van der Waals surface area contributed by atoms with Crippen LogP contribution in [0.5, 0.6) is 0 Å². The Balaban J connectivity index is 0.00000361. The predicted molar refractivity (Wildman–Crippen MR) is 139 cm³/mol. The van der Waals surface area contributed by atoms with Crippen LogP contribution >= 0.6 is 23.1 Å². The molecule has 8 nitrogen and oxygen atoms in total. The van der Waals surface area contributed by atoms with Gasteiger partial charge in [0.25, 0.3) is 15.1 Å². The van der Waals surface area contributed by atoms with Crippen LogP contribution in [0.2, 0.25) is 0 Å². The molecule has 0 saturated carbocycles. The van der Waals surface area contributed by atoms with Gasteiger partial charge in [0.15, 0.2) is 6.54 Å². The first kappa shape index (κ1) is 30.0. The van der Waals surface area contributed by atoms with Crippen molar-refractivity contribution < 1.29 is 81.9 Å². The second kappa shape index (κ2) is 13.0. The van der Waals surface area contributed by atoms with E-state index in [2.05, 4.69) is 0 Å². The summed E-state index contributed by atoms with van der Waals surface area (Å²) in [7, 11) is -8.29. The molecule has 0 bridgehead atoms. The summed E-state index contributed by atoms with van der Waals surface area (Å²) in [5.74, 6) is -0.717. The quantitative estimate of drug-likeness (QED) is 0.210. The van der Waals surface area contributed by atoms with Crippen LogP contribution in [-0.2, 0) is 26.8 Å². The van der Waals surface area contributed by atoms with Crippen LogP contribution in [0.15, 0.2) is 70.6 Å². The monoisotopic (exact) mass is 591 g/mol. The van der Waals surface area contributed by atoms with Gasteiger partial charge in [0.1, 0.15) is 4.70 Å². The molecule has 186 valence electrons. The zero-order chi connectivity index (χ0) is 25.1. The van der Waals surface area contributed by atoms with Crippen LogP contribution in [0.25, 0.3) is 16.3 Å². The van der Waals surface area contributed by atoms with E-state index in [1.807, 2.05) is 76.2 Å². The number of anilines is 1. The Bertz CT molecular complexity index is 1500. The largest absolute Gasteiger partial charge is 1.00 e. The van der Waals surface area contributed by atoms with Crippen molar-refractivity contribution in [2.45, 2.75) is 24.3 Å². The molecule has 0 amide bonds. The Kier molecular flexibility index (Phi) is 10.8. The number of hydrogen-bond acceptors (Lipinski definition) is 8. The van der Waals surface area contributed by atoms with Gasteiger partial charge in [-0.3, -0.25) is 4.55 Å². The van der Waals surface area contributed by atoms with Crippen molar-refractivity contribution in [1.82, 2.24) is 0 Å². The van der Waals surface area contributed by atoms with Gasteiger partial charge >= 0.3 is 51.4 Å². The standard InChI is InChI=1S/C23H24N2O6S4.K/c26-34(27,28)16-6-14-24-18-8-1-3-10-20(18)32-22(24)12-5-13-23-25(15-7-17-35(29,30)31)19-9-2-4-11-21(19)33-23;/h1-5,8-13H,6-7,14-17H2,(H-,26,27,28,29,30,31);/q;+1. The van der Waals surface area contributed by atoms with Crippen LogP contribution in [0.3, 0.4) is 0 Å². The summed E-state index contributed by atoms with van der Waals surface area (Å²) in [5, 5.41) is 1.85. The Labute approximate surface area is 262 Å². The van der Waals surface area contributed by atoms with E-state index >= 15 is 0 Å². The Morgan fingerprint density at radius 1 is 1.00 bits per heavy atom. The molecular weight excluding hydrogens is 568 g/mol. The van der Waals surface area contributed by atoms with E-state index in [1.165, 1.54) is 0 Å². The SMILES string of the molecule is O=S(=O)([O-])CCC[n+]1c(C=CC=C2Sc3ccccc3N2CCCS(=O)(=O)O)sc2ccccc21.[K+]. The number of allylic oxidation sites excluding steroid dienone is 2. The van der Waals surface area contributed by atoms with Gasteiger partial charge in [-0.2, -0.15) is 13.0 Å². The van der Waals surface area contributed by atoms with Gasteiger partial charge in [0.05, 0.1) is 26.6 Å². The Morgan fingerprint density at radius 3 is 2.47 bits per heavy atom. The average molecular weight is 592 g/mol. The van der Waals surface area contributed by atoms with E-state index < -0.39 is 26.0 Å². The molecule has 1 aliphatic heterocycles. The number of thioether (sulfide) groups is 1. The van der Waals surface area contributed by atoms with Crippen LogP contribution in [0.1, 0.15) is 17.8 Å². The molecule has 13 heteroatoms. The molecule has 0 unspecified atom stereocenters. The van der Waals surface area contributed by atoms with Gasteiger partial charge in [0, 0.05) is 35.8 Å². The second-order valence-electron chi connectivity index (χ2n) is 7.90. The molecule has 0 atom stereocenters. The molecule has 0 aliphatic carbocycles. The topological polar surface area (TPSA) is 119 Å². The molecule has 0 saturated heterocycles. The zero-order valence-corrected chi connectivity index (χ0v) is 26.0. The van der Waals surface area contributed by atoms with Gasteiger partial charge in [-0.1, -0.05) is 53.4 Å². The van der Waals surface area contributed by atoms with Gasteiger partial charge in [-0.05, 0) is 30.7 Å². The third kappa shape index (κ3) is 8.21. The molecule has 1 aromatic heterocycles. The van der Waals surface area contributed by atoms with Crippen molar-refractivity contribution >= 4 is 65.3 Å². The zero-order valence-electron chi connectivity index (χ0n) is 19.6. The maximum atomic E-state index is 11.2. The fourth-order valence-electron chi connectivity index (χ4n) is 3.83. The Hall–Kier alpha value is -0.584. The summed E-state index contributed by atoms with van der Waals surface area (Å²) in [6.07, 6.45) is 6.33. The van der Waals surface area contributed by atoms with E-state index in [1.54, 1.807) is 23.1 Å². The van der Waals surface area contributed by atoms with Gasteiger partial charge < -0.3 is 9.45 Å². The summed E-state index contributed by atoms with van der Waals surface area (Å²) in [6.45, 7) is 0.847. The maximum Gasteiger partial charge on any atom is 1.00 e. The first-order chi connectivity index (χ1) is 16.6. The van der Waals surface area contributed by atoms with E-state index in [9.17, 15) is 21.4 Å². The van der Waals surface area contributed by atoms with E-state index in [0.717, 1.165) is 30.8 Å². The molecular formula is C23H24KN2O6S4+. The minimum absolute atomic E-state index is 0. The van der Waals surface area contributed by atoms with Crippen molar-refractivity contribution in [3.63, 3.8) is 0 Å². The summed E-state index contributed by atoms with van der Waals surface area (Å²) < 4.78 is 67.6. The number of aryl methyl sites for hydroxylation is 1. The molecule has 3 aromatic rings. The number of aromatic nitrogens is 1. The molecule has 1 N–H and O–H groups in total. The van der Waals surface area contributed by atoms with Crippen molar-refractivity contribution in [2.24, 2.45) is 0 Å². The van der Waals surface area contributed by atoms with Crippen LogP contribution in [-0.4, -0.2) is 44.0 Å². The van der Waals surface area contributed by atoms with Gasteiger partial charge in [-0.15, -0.1) is 0 Å².